The number of aromatic nitrogens is 2. The third-order valence-electron chi connectivity index (χ3n) is 4.43. The topological polar surface area (TPSA) is 50.3 Å². The Morgan fingerprint density at radius 2 is 1.62 bits per heavy atom. The second kappa shape index (κ2) is 7.87. The molecule has 0 amide bonds. The molecule has 0 unspecified atom stereocenters. The van der Waals surface area contributed by atoms with E-state index in [0.717, 1.165) is 36.1 Å². The second-order valence-electron chi connectivity index (χ2n) is 6.32. The first-order chi connectivity index (χ1) is 12.9. The van der Waals surface area contributed by atoms with Gasteiger partial charge in [-0.1, -0.05) is 30.3 Å². The fourth-order valence-corrected chi connectivity index (χ4v) is 3.10. The molecule has 0 bridgehead atoms. The van der Waals surface area contributed by atoms with Gasteiger partial charge in [0.15, 0.2) is 5.75 Å². The Kier molecular flexibility index (Phi) is 4.96. The summed E-state index contributed by atoms with van der Waals surface area (Å²) in [7, 11) is 0. The largest absolute Gasteiger partial charge is 0.455 e. The molecule has 0 aliphatic carbocycles. The molecule has 0 atom stereocenters. The molecule has 3 aromatic rings. The van der Waals surface area contributed by atoms with Crippen LogP contribution in [0.25, 0.3) is 0 Å². The molecule has 5 nitrogen and oxygen atoms in total. The zero-order valence-electron chi connectivity index (χ0n) is 14.6. The van der Waals surface area contributed by atoms with E-state index in [4.69, 9.17) is 4.74 Å². The molecular formula is C21H22N4O. The van der Waals surface area contributed by atoms with Crippen molar-refractivity contribution in [2.24, 2.45) is 0 Å². The lowest BCUT2D eigenvalue weighted by molar-refractivity contribution is 0.485. The molecule has 0 radical (unpaired) electrons. The Labute approximate surface area is 153 Å². The van der Waals surface area contributed by atoms with Gasteiger partial charge in [-0.2, -0.15) is 4.98 Å². The van der Waals surface area contributed by atoms with Crippen molar-refractivity contribution >= 4 is 17.5 Å². The van der Waals surface area contributed by atoms with Crippen LogP contribution in [0.1, 0.15) is 19.3 Å². The molecule has 2 heterocycles. The van der Waals surface area contributed by atoms with Gasteiger partial charge >= 0.3 is 0 Å². The van der Waals surface area contributed by atoms with E-state index in [1.165, 1.54) is 19.3 Å². The average Bonchev–Trinajstić information content (AvgIpc) is 2.71. The monoisotopic (exact) mass is 346 g/mol. The van der Waals surface area contributed by atoms with Crippen LogP contribution in [0, 0.1) is 0 Å². The number of hydrogen-bond donors (Lipinski definition) is 1. The standard InChI is InChI=1S/C21H22N4O/c1-3-9-17(10-4-1)26-19-12-6-5-11-18(19)23-21-22-14-13-20(24-21)25-15-7-2-8-16-25/h1,3-6,9-14H,2,7-8,15-16H2,(H,22,23,24). The summed E-state index contributed by atoms with van der Waals surface area (Å²) in [5.74, 6) is 3.09. The van der Waals surface area contributed by atoms with Crippen molar-refractivity contribution in [2.75, 3.05) is 23.3 Å². The third-order valence-corrected chi connectivity index (χ3v) is 4.43. The van der Waals surface area contributed by atoms with Crippen LogP contribution in [-0.4, -0.2) is 23.1 Å². The number of nitrogens with zero attached hydrogens (tertiary/aromatic N) is 3. The first-order valence-corrected chi connectivity index (χ1v) is 9.05. The summed E-state index contributed by atoms with van der Waals surface area (Å²) in [5, 5.41) is 3.30. The fourth-order valence-electron chi connectivity index (χ4n) is 3.10. The molecule has 1 fully saturated rings. The number of rotatable bonds is 5. The molecule has 5 heteroatoms. The number of ether oxygens (including phenoxy) is 1. The summed E-state index contributed by atoms with van der Waals surface area (Å²) in [5.41, 5.74) is 0.840. The van der Waals surface area contributed by atoms with Crippen molar-refractivity contribution in [1.29, 1.82) is 0 Å². The predicted octanol–water partition coefficient (Wildman–Crippen LogP) is 5.00. The molecule has 2 aromatic carbocycles. The van der Waals surface area contributed by atoms with Crippen LogP contribution in [0.3, 0.4) is 0 Å². The lowest BCUT2D eigenvalue weighted by Crippen LogP contribution is -2.30. The first-order valence-electron chi connectivity index (χ1n) is 9.05. The van der Waals surface area contributed by atoms with E-state index in [1.807, 2.05) is 60.7 Å². The summed E-state index contributed by atoms with van der Waals surface area (Å²) < 4.78 is 6.00. The van der Waals surface area contributed by atoms with Crippen molar-refractivity contribution in [1.82, 2.24) is 9.97 Å². The van der Waals surface area contributed by atoms with Crippen molar-refractivity contribution in [2.45, 2.75) is 19.3 Å². The number of hydrogen-bond acceptors (Lipinski definition) is 5. The van der Waals surface area contributed by atoms with Crippen LogP contribution in [0.4, 0.5) is 17.5 Å². The molecule has 1 N–H and O–H groups in total. The molecule has 0 saturated carbocycles. The summed E-state index contributed by atoms with van der Waals surface area (Å²) in [6, 6.07) is 19.5. The van der Waals surface area contributed by atoms with E-state index < -0.39 is 0 Å². The van der Waals surface area contributed by atoms with Gasteiger partial charge in [0.1, 0.15) is 11.6 Å². The smallest absolute Gasteiger partial charge is 0.229 e. The quantitative estimate of drug-likeness (QED) is 0.704. The van der Waals surface area contributed by atoms with Crippen molar-refractivity contribution in [3.63, 3.8) is 0 Å². The van der Waals surface area contributed by atoms with Crippen molar-refractivity contribution in [3.8, 4) is 11.5 Å². The minimum absolute atomic E-state index is 0.581. The highest BCUT2D eigenvalue weighted by Gasteiger charge is 2.13. The Morgan fingerprint density at radius 3 is 2.46 bits per heavy atom. The van der Waals surface area contributed by atoms with Crippen LogP contribution in [0.2, 0.25) is 0 Å². The van der Waals surface area contributed by atoms with Crippen LogP contribution in [-0.2, 0) is 0 Å². The maximum Gasteiger partial charge on any atom is 0.229 e. The molecular weight excluding hydrogens is 324 g/mol. The molecule has 4 rings (SSSR count). The molecule has 1 aliphatic heterocycles. The summed E-state index contributed by atoms with van der Waals surface area (Å²) in [4.78, 5) is 11.4. The summed E-state index contributed by atoms with van der Waals surface area (Å²) in [6.45, 7) is 2.12. The van der Waals surface area contributed by atoms with E-state index in [-0.39, 0.29) is 0 Å². The zero-order chi connectivity index (χ0) is 17.6. The third kappa shape index (κ3) is 3.94. The molecule has 132 valence electrons. The highest BCUT2D eigenvalue weighted by molar-refractivity contribution is 5.63. The van der Waals surface area contributed by atoms with Gasteiger partial charge in [-0.05, 0) is 49.6 Å². The van der Waals surface area contributed by atoms with Crippen molar-refractivity contribution < 1.29 is 4.74 Å². The molecule has 1 saturated heterocycles. The lowest BCUT2D eigenvalue weighted by atomic mass is 10.1. The normalized spacial score (nSPS) is 14.1. The van der Waals surface area contributed by atoms with E-state index in [9.17, 15) is 0 Å². The molecule has 1 aromatic heterocycles. The number of para-hydroxylation sites is 3. The maximum absolute atomic E-state index is 6.00. The average molecular weight is 346 g/mol. The van der Waals surface area contributed by atoms with E-state index >= 15 is 0 Å². The predicted molar refractivity (Wildman–Crippen MR) is 104 cm³/mol. The lowest BCUT2D eigenvalue weighted by Gasteiger charge is -2.27. The van der Waals surface area contributed by atoms with Gasteiger partial charge in [0.25, 0.3) is 0 Å². The van der Waals surface area contributed by atoms with Crippen molar-refractivity contribution in [3.05, 3.63) is 66.9 Å². The fraction of sp³-hybridized carbons (Fsp3) is 0.238. The maximum atomic E-state index is 6.00. The minimum atomic E-state index is 0.581. The van der Waals surface area contributed by atoms with Gasteiger partial charge in [0, 0.05) is 19.3 Å². The van der Waals surface area contributed by atoms with Gasteiger partial charge in [-0.25, -0.2) is 4.98 Å². The Bertz CT molecular complexity index is 847. The van der Waals surface area contributed by atoms with E-state index in [2.05, 4.69) is 20.2 Å². The SMILES string of the molecule is c1ccc(Oc2ccccc2Nc2nccc(N3CCCCC3)n2)cc1. The number of nitrogens with one attached hydrogen (secondary N) is 1. The van der Waals surface area contributed by atoms with Crippen LogP contribution >= 0.6 is 0 Å². The summed E-state index contributed by atoms with van der Waals surface area (Å²) >= 11 is 0. The molecule has 0 spiro atoms. The number of benzene rings is 2. The van der Waals surface area contributed by atoms with Crippen LogP contribution in [0.15, 0.2) is 66.9 Å². The second-order valence-corrected chi connectivity index (χ2v) is 6.32. The van der Waals surface area contributed by atoms with Crippen LogP contribution in [0.5, 0.6) is 11.5 Å². The van der Waals surface area contributed by atoms with Gasteiger partial charge in [-0.15, -0.1) is 0 Å². The first kappa shape index (κ1) is 16.4. The van der Waals surface area contributed by atoms with Gasteiger partial charge in [-0.3, -0.25) is 0 Å². The van der Waals surface area contributed by atoms with E-state index in [1.54, 1.807) is 6.20 Å². The number of piperidine rings is 1. The minimum Gasteiger partial charge on any atom is -0.455 e. The Morgan fingerprint density at radius 1 is 0.846 bits per heavy atom. The highest BCUT2D eigenvalue weighted by atomic mass is 16.5. The highest BCUT2D eigenvalue weighted by Crippen LogP contribution is 2.31. The van der Waals surface area contributed by atoms with E-state index in [0.29, 0.717) is 5.95 Å². The van der Waals surface area contributed by atoms with Gasteiger partial charge in [0.05, 0.1) is 5.69 Å². The van der Waals surface area contributed by atoms with Gasteiger partial charge in [0.2, 0.25) is 5.95 Å². The molecule has 1 aliphatic rings. The zero-order valence-corrected chi connectivity index (χ0v) is 14.6. The van der Waals surface area contributed by atoms with Gasteiger partial charge < -0.3 is 15.0 Å². The van der Waals surface area contributed by atoms with Crippen LogP contribution < -0.4 is 15.0 Å². The molecule has 26 heavy (non-hydrogen) atoms. The Hall–Kier alpha value is -3.08. The Balaban J connectivity index is 1.54. The summed E-state index contributed by atoms with van der Waals surface area (Å²) in [6.07, 6.45) is 5.55. The number of anilines is 3.